The van der Waals surface area contributed by atoms with Crippen molar-refractivity contribution in [3.8, 4) is 0 Å². The Morgan fingerprint density at radius 1 is 1.08 bits per heavy atom. The molecule has 0 unspecified atom stereocenters. The molecule has 0 saturated carbocycles. The molecule has 0 radical (unpaired) electrons. The number of rotatable bonds is 3. The van der Waals surface area contributed by atoms with E-state index in [4.69, 9.17) is 0 Å². The quantitative estimate of drug-likeness (QED) is 0.507. The van der Waals surface area contributed by atoms with Crippen molar-refractivity contribution in [1.82, 2.24) is 19.5 Å². The van der Waals surface area contributed by atoms with Crippen LogP contribution in [-0.2, 0) is 9.84 Å². The number of thioether (sulfide) groups is 1. The number of hydrogen-bond acceptors (Lipinski definition) is 6. The van der Waals surface area contributed by atoms with Gasteiger partial charge in [-0.15, -0.1) is 11.8 Å². The van der Waals surface area contributed by atoms with Crippen molar-refractivity contribution in [2.45, 2.75) is 16.0 Å². The molecule has 0 amide bonds. The van der Waals surface area contributed by atoms with Crippen molar-refractivity contribution in [1.29, 1.82) is 0 Å². The molecule has 0 fully saturated rings. The van der Waals surface area contributed by atoms with E-state index in [1.807, 2.05) is 34.9 Å². The molecule has 6 nitrogen and oxygen atoms in total. The molecule has 5 rings (SSSR count). The van der Waals surface area contributed by atoms with Gasteiger partial charge in [0.15, 0.2) is 15.5 Å². The lowest BCUT2D eigenvalue weighted by atomic mass is 10.1. The number of aromatic nitrogens is 4. The van der Waals surface area contributed by atoms with E-state index in [-0.39, 0.29) is 11.8 Å². The molecule has 0 saturated heterocycles. The van der Waals surface area contributed by atoms with Gasteiger partial charge in [0.1, 0.15) is 16.9 Å². The van der Waals surface area contributed by atoms with Crippen molar-refractivity contribution in [3.63, 3.8) is 0 Å². The Kier molecular flexibility index (Phi) is 3.51. The van der Waals surface area contributed by atoms with E-state index in [1.165, 1.54) is 6.33 Å². The Bertz CT molecular complexity index is 1250. The van der Waals surface area contributed by atoms with Gasteiger partial charge in [-0.05, 0) is 22.9 Å². The highest BCUT2D eigenvalue weighted by Crippen LogP contribution is 2.35. The van der Waals surface area contributed by atoms with Gasteiger partial charge in [-0.3, -0.25) is 0 Å². The molecule has 8 heteroatoms. The summed E-state index contributed by atoms with van der Waals surface area (Å²) in [6, 6.07) is 12.9. The van der Waals surface area contributed by atoms with Crippen LogP contribution in [0.1, 0.15) is 6.04 Å². The minimum Gasteiger partial charge on any atom is -0.322 e. The second kappa shape index (κ2) is 5.78. The van der Waals surface area contributed by atoms with Crippen LogP contribution < -0.4 is 0 Å². The molecule has 2 aromatic heterocycles. The largest absolute Gasteiger partial charge is 0.322 e. The van der Waals surface area contributed by atoms with Gasteiger partial charge in [-0.1, -0.05) is 30.3 Å². The zero-order valence-electron chi connectivity index (χ0n) is 13.6. The molecule has 1 atom stereocenters. The number of imidazole rings is 1. The van der Waals surface area contributed by atoms with Crippen molar-refractivity contribution in [2.75, 3.05) is 11.5 Å². The van der Waals surface area contributed by atoms with E-state index in [0.29, 0.717) is 16.3 Å². The molecule has 4 aromatic rings. The highest BCUT2D eigenvalue weighted by Gasteiger charge is 2.29. The van der Waals surface area contributed by atoms with Gasteiger partial charge in [0.25, 0.3) is 0 Å². The average molecular weight is 382 g/mol. The van der Waals surface area contributed by atoms with E-state index in [2.05, 4.69) is 15.0 Å². The van der Waals surface area contributed by atoms with Crippen LogP contribution in [-0.4, -0.2) is 39.4 Å². The summed E-state index contributed by atoms with van der Waals surface area (Å²) in [4.78, 5) is 13.1. The maximum Gasteiger partial charge on any atom is 0.181 e. The molecular weight excluding hydrogens is 368 g/mol. The first-order valence-corrected chi connectivity index (χ1v) is 10.8. The lowest BCUT2D eigenvalue weighted by molar-refractivity contribution is 0.563. The summed E-state index contributed by atoms with van der Waals surface area (Å²) in [6.45, 7) is 0. The lowest BCUT2D eigenvalue weighted by Gasteiger charge is -2.23. The van der Waals surface area contributed by atoms with E-state index >= 15 is 0 Å². The van der Waals surface area contributed by atoms with Gasteiger partial charge in [0.2, 0.25) is 0 Å². The minimum atomic E-state index is -3.43. The van der Waals surface area contributed by atoms with E-state index in [9.17, 15) is 8.42 Å². The van der Waals surface area contributed by atoms with Gasteiger partial charge in [-0.2, -0.15) is 0 Å². The number of benzene rings is 2. The zero-order valence-corrected chi connectivity index (χ0v) is 15.2. The van der Waals surface area contributed by atoms with Gasteiger partial charge >= 0.3 is 0 Å². The highest BCUT2D eigenvalue weighted by molar-refractivity contribution is 7.99. The second-order valence-corrected chi connectivity index (χ2v) is 9.30. The minimum absolute atomic E-state index is 0.0259. The molecule has 1 aliphatic heterocycles. The fourth-order valence-corrected chi connectivity index (χ4v) is 6.12. The fourth-order valence-electron chi connectivity index (χ4n) is 3.33. The second-order valence-electron chi connectivity index (χ2n) is 6.26. The first kappa shape index (κ1) is 15.8. The van der Waals surface area contributed by atoms with Crippen LogP contribution in [0.25, 0.3) is 21.9 Å². The van der Waals surface area contributed by atoms with Gasteiger partial charge < -0.3 is 4.57 Å². The Hall–Kier alpha value is -2.45. The maximum atomic E-state index is 13.0. The van der Waals surface area contributed by atoms with E-state index in [0.717, 1.165) is 21.3 Å². The summed E-state index contributed by atoms with van der Waals surface area (Å²) in [5.41, 5.74) is 1.43. The van der Waals surface area contributed by atoms with Gasteiger partial charge in [-0.25, -0.2) is 23.4 Å². The molecule has 0 bridgehead atoms. The first-order chi connectivity index (χ1) is 12.6. The van der Waals surface area contributed by atoms with Crippen LogP contribution >= 0.6 is 11.8 Å². The molecule has 0 spiro atoms. The molecule has 0 N–H and O–H groups in total. The summed E-state index contributed by atoms with van der Waals surface area (Å²) in [5.74, 6) is 0.667. The third-order valence-electron chi connectivity index (χ3n) is 4.63. The maximum absolute atomic E-state index is 13.0. The third-order valence-corrected chi connectivity index (χ3v) is 7.55. The Balaban J connectivity index is 1.53. The smallest absolute Gasteiger partial charge is 0.181 e. The molecule has 130 valence electrons. The van der Waals surface area contributed by atoms with Crippen molar-refractivity contribution >= 4 is 43.5 Å². The normalized spacial score (nSPS) is 17.0. The first-order valence-electron chi connectivity index (χ1n) is 8.14. The standard InChI is InChI=1S/C18H14N4O2S2/c23-26(24,15-6-5-12-3-1-2-4-13(12)7-15)9-14-8-25-18-16-17(19-10-20-18)21-11-22(14)16/h1-7,10-11,14H,8-9H2/t14-/m0/s1. The van der Waals surface area contributed by atoms with Crippen LogP contribution in [0.5, 0.6) is 0 Å². The summed E-state index contributed by atoms with van der Waals surface area (Å²) < 4.78 is 27.9. The number of hydrogen-bond donors (Lipinski definition) is 0. The Labute approximate surface area is 154 Å². The van der Waals surface area contributed by atoms with Crippen LogP contribution in [0.3, 0.4) is 0 Å². The summed E-state index contributed by atoms with van der Waals surface area (Å²) in [5, 5.41) is 2.81. The molecule has 0 aliphatic carbocycles. The third kappa shape index (κ3) is 2.48. The summed E-state index contributed by atoms with van der Waals surface area (Å²) in [7, 11) is -3.43. The van der Waals surface area contributed by atoms with Crippen molar-refractivity contribution in [2.24, 2.45) is 0 Å². The molecule has 1 aliphatic rings. The summed E-state index contributed by atoms with van der Waals surface area (Å²) in [6.07, 6.45) is 3.16. The van der Waals surface area contributed by atoms with Crippen molar-refractivity contribution < 1.29 is 8.42 Å². The van der Waals surface area contributed by atoms with E-state index in [1.54, 1.807) is 30.2 Å². The molecule has 26 heavy (non-hydrogen) atoms. The topological polar surface area (TPSA) is 77.7 Å². The highest BCUT2D eigenvalue weighted by atomic mass is 32.2. The van der Waals surface area contributed by atoms with Gasteiger partial charge in [0.05, 0.1) is 23.0 Å². The van der Waals surface area contributed by atoms with Crippen LogP contribution in [0.2, 0.25) is 0 Å². The fraction of sp³-hybridized carbons (Fsp3) is 0.167. The number of nitrogens with zero attached hydrogens (tertiary/aromatic N) is 4. The lowest BCUT2D eigenvalue weighted by Crippen LogP contribution is -2.24. The predicted molar refractivity (Wildman–Crippen MR) is 101 cm³/mol. The number of sulfone groups is 1. The van der Waals surface area contributed by atoms with E-state index < -0.39 is 9.84 Å². The Morgan fingerprint density at radius 2 is 1.92 bits per heavy atom. The summed E-state index contributed by atoms with van der Waals surface area (Å²) >= 11 is 1.56. The van der Waals surface area contributed by atoms with Crippen LogP contribution in [0.4, 0.5) is 0 Å². The Morgan fingerprint density at radius 3 is 2.81 bits per heavy atom. The predicted octanol–water partition coefficient (Wildman–Crippen LogP) is 3.10. The molecule has 2 aromatic carbocycles. The molecule has 3 heterocycles. The van der Waals surface area contributed by atoms with Crippen molar-refractivity contribution in [3.05, 3.63) is 55.1 Å². The van der Waals surface area contributed by atoms with Crippen LogP contribution in [0.15, 0.2) is 65.0 Å². The SMILES string of the molecule is O=S(=O)(C[C@@H]1CSc2ncnc3ncn1c23)c1ccc2ccccc2c1. The monoisotopic (exact) mass is 382 g/mol. The van der Waals surface area contributed by atoms with Crippen LogP contribution in [0, 0.1) is 0 Å². The van der Waals surface area contributed by atoms with Gasteiger partial charge in [0, 0.05) is 5.75 Å². The number of fused-ring (bicyclic) bond motifs is 1. The molecular formula is C18H14N4O2S2. The zero-order chi connectivity index (χ0) is 17.7. The average Bonchev–Trinajstić information content (AvgIpc) is 3.10.